The fourth-order valence-electron chi connectivity index (χ4n) is 1.96. The summed E-state index contributed by atoms with van der Waals surface area (Å²) in [6, 6.07) is 0. The first kappa shape index (κ1) is 17.9. The van der Waals surface area contributed by atoms with E-state index in [1.807, 2.05) is 12.3 Å². The molecule has 0 aliphatic rings. The summed E-state index contributed by atoms with van der Waals surface area (Å²) in [6.45, 7) is 2.28. The lowest BCUT2D eigenvalue weighted by molar-refractivity contribution is -0.557. The van der Waals surface area contributed by atoms with Crippen molar-refractivity contribution in [2.75, 3.05) is 6.54 Å². The molecule has 9 nitrogen and oxygen atoms in total. The number of guanidine groups is 1. The Bertz CT molecular complexity index is 350. The van der Waals surface area contributed by atoms with Crippen LogP contribution in [-0.4, -0.2) is 34.2 Å². The maximum atomic E-state index is 11.4. The monoisotopic (exact) mass is 289 g/mol. The molecule has 0 amide bonds. The van der Waals surface area contributed by atoms with Crippen LogP contribution in [0.2, 0.25) is 0 Å². The number of hydrazine groups is 1. The molecule has 1 atom stereocenters. The average Bonchev–Trinajstić information content (AvgIpc) is 2.33. The predicted octanol–water partition coefficient (Wildman–Crippen LogP) is 0.435. The highest BCUT2D eigenvalue weighted by Crippen LogP contribution is 2.21. The number of nitrogens with two attached hydrogens (primary N) is 1. The van der Waals surface area contributed by atoms with E-state index in [0.29, 0.717) is 19.4 Å². The van der Waals surface area contributed by atoms with Gasteiger partial charge in [0.05, 0.1) is 0 Å². The molecule has 0 rings (SSSR count). The third-order valence-electron chi connectivity index (χ3n) is 3.02. The highest BCUT2D eigenvalue weighted by molar-refractivity contribution is 5.78. The number of hydrogen-bond donors (Lipinski definition) is 5. The molecular formula is C11H23N5O4. The lowest BCUT2D eigenvalue weighted by atomic mass is 9.88. The number of hydrogen-bond acceptors (Lipinski definition) is 4. The highest BCUT2D eigenvalue weighted by Gasteiger charge is 2.42. The molecule has 0 unspecified atom stereocenters. The van der Waals surface area contributed by atoms with Crippen molar-refractivity contribution < 1.29 is 14.9 Å². The van der Waals surface area contributed by atoms with Gasteiger partial charge in [0.25, 0.3) is 0 Å². The normalized spacial score (nSPS) is 13.2. The summed E-state index contributed by atoms with van der Waals surface area (Å²) in [5, 5.41) is 28.7. The number of carbonyl (C=O) groups is 1. The Morgan fingerprint density at radius 3 is 2.45 bits per heavy atom. The van der Waals surface area contributed by atoms with Crippen molar-refractivity contribution in [2.45, 2.75) is 51.0 Å². The SMILES string of the molecule is CCCCC[C@@](CCCNC(=N)N)(N[N+](=O)[O-])C(=O)O. The smallest absolute Gasteiger partial charge is 0.335 e. The van der Waals surface area contributed by atoms with Gasteiger partial charge >= 0.3 is 5.97 Å². The minimum Gasteiger partial charge on any atom is -0.479 e. The van der Waals surface area contributed by atoms with Crippen LogP contribution in [0.5, 0.6) is 0 Å². The van der Waals surface area contributed by atoms with E-state index in [1.54, 1.807) is 0 Å². The molecule has 0 heterocycles. The maximum absolute atomic E-state index is 11.4. The predicted molar refractivity (Wildman–Crippen MR) is 73.8 cm³/mol. The first-order valence-corrected chi connectivity index (χ1v) is 6.57. The molecule has 20 heavy (non-hydrogen) atoms. The molecule has 0 spiro atoms. The number of rotatable bonds is 11. The summed E-state index contributed by atoms with van der Waals surface area (Å²) in [7, 11) is 0. The summed E-state index contributed by atoms with van der Waals surface area (Å²) in [5.74, 6) is -1.44. The van der Waals surface area contributed by atoms with Gasteiger partial charge in [0.1, 0.15) is 0 Å². The van der Waals surface area contributed by atoms with Crippen molar-refractivity contribution in [1.29, 1.82) is 5.41 Å². The lowest BCUT2D eigenvalue weighted by Gasteiger charge is -2.26. The summed E-state index contributed by atoms with van der Waals surface area (Å²) in [6.07, 6.45) is 2.97. The Labute approximate surface area is 117 Å². The Hall–Kier alpha value is -2.06. The van der Waals surface area contributed by atoms with E-state index in [0.717, 1.165) is 12.8 Å². The van der Waals surface area contributed by atoms with Gasteiger partial charge in [-0.3, -0.25) is 5.41 Å². The first-order valence-electron chi connectivity index (χ1n) is 6.57. The average molecular weight is 289 g/mol. The van der Waals surface area contributed by atoms with Crippen LogP contribution in [0.25, 0.3) is 0 Å². The Morgan fingerprint density at radius 2 is 2.00 bits per heavy atom. The van der Waals surface area contributed by atoms with Crippen LogP contribution in [0.1, 0.15) is 45.4 Å². The number of nitro groups is 1. The van der Waals surface area contributed by atoms with Crippen LogP contribution >= 0.6 is 0 Å². The molecule has 0 saturated heterocycles. The second-order valence-corrected chi connectivity index (χ2v) is 4.66. The van der Waals surface area contributed by atoms with Crippen molar-refractivity contribution in [2.24, 2.45) is 5.73 Å². The summed E-state index contributed by atoms with van der Waals surface area (Å²) in [4.78, 5) is 22.1. The van der Waals surface area contributed by atoms with E-state index in [2.05, 4.69) is 5.32 Å². The van der Waals surface area contributed by atoms with Gasteiger partial charge in [0, 0.05) is 6.54 Å². The molecule has 0 fully saturated rings. The third-order valence-corrected chi connectivity index (χ3v) is 3.02. The summed E-state index contributed by atoms with van der Waals surface area (Å²) < 4.78 is 0. The van der Waals surface area contributed by atoms with Crippen molar-refractivity contribution in [3.8, 4) is 0 Å². The van der Waals surface area contributed by atoms with E-state index in [4.69, 9.17) is 11.1 Å². The molecule has 6 N–H and O–H groups in total. The van der Waals surface area contributed by atoms with Gasteiger partial charge in [-0.1, -0.05) is 26.2 Å². The Morgan fingerprint density at radius 1 is 1.40 bits per heavy atom. The van der Waals surface area contributed by atoms with E-state index < -0.39 is 16.5 Å². The molecule has 0 bridgehead atoms. The topological polar surface area (TPSA) is 154 Å². The zero-order chi connectivity index (χ0) is 15.6. The van der Waals surface area contributed by atoms with E-state index in [1.165, 1.54) is 0 Å². The highest BCUT2D eigenvalue weighted by atomic mass is 16.7. The molecule has 0 aromatic rings. The zero-order valence-electron chi connectivity index (χ0n) is 11.6. The Balaban J connectivity index is 4.66. The molecule has 0 aliphatic carbocycles. The maximum Gasteiger partial charge on any atom is 0.335 e. The van der Waals surface area contributed by atoms with Crippen LogP contribution in [0.3, 0.4) is 0 Å². The minimum absolute atomic E-state index is 0.0906. The minimum atomic E-state index is -1.57. The second kappa shape index (κ2) is 8.94. The Kier molecular flexibility index (Phi) is 8.02. The van der Waals surface area contributed by atoms with Gasteiger partial charge in [-0.15, -0.1) is 5.43 Å². The molecule has 0 aromatic carbocycles. The van der Waals surface area contributed by atoms with Crippen LogP contribution in [0.15, 0.2) is 0 Å². The number of carboxylic acids is 1. The quantitative estimate of drug-likeness (QED) is 0.121. The van der Waals surface area contributed by atoms with Gasteiger partial charge in [-0.2, -0.15) is 0 Å². The number of nitrogens with zero attached hydrogens (tertiary/aromatic N) is 1. The molecule has 0 radical (unpaired) electrons. The van der Waals surface area contributed by atoms with Gasteiger partial charge in [-0.05, 0) is 19.3 Å². The standard InChI is InChI=1S/C11H23N5O4/c1-2-3-4-6-11(9(17)18,15-16(19)20)7-5-8-14-10(12)13/h15H,2-8H2,1H3,(H,17,18)(H4,12,13,14)/t11-/m0/s1. The van der Waals surface area contributed by atoms with E-state index in [9.17, 15) is 20.0 Å². The molecular weight excluding hydrogens is 266 g/mol. The van der Waals surface area contributed by atoms with E-state index >= 15 is 0 Å². The number of unbranched alkanes of at least 4 members (excludes halogenated alkanes) is 2. The molecule has 0 saturated carbocycles. The first-order chi connectivity index (χ1) is 9.34. The molecule has 116 valence electrons. The molecule has 0 aliphatic heterocycles. The summed E-state index contributed by atoms with van der Waals surface area (Å²) in [5.41, 5.74) is 5.49. The van der Waals surface area contributed by atoms with Crippen molar-refractivity contribution in [3.05, 3.63) is 10.1 Å². The zero-order valence-corrected chi connectivity index (χ0v) is 11.6. The van der Waals surface area contributed by atoms with E-state index in [-0.39, 0.29) is 18.8 Å². The van der Waals surface area contributed by atoms with Crippen molar-refractivity contribution >= 4 is 11.9 Å². The van der Waals surface area contributed by atoms with Gasteiger partial charge in [-0.25, -0.2) is 14.9 Å². The van der Waals surface area contributed by atoms with Gasteiger partial charge in [0.15, 0.2) is 16.5 Å². The fourth-order valence-corrected chi connectivity index (χ4v) is 1.96. The van der Waals surface area contributed by atoms with Crippen molar-refractivity contribution in [1.82, 2.24) is 10.7 Å². The van der Waals surface area contributed by atoms with Crippen LogP contribution < -0.4 is 16.5 Å². The van der Waals surface area contributed by atoms with Crippen LogP contribution in [-0.2, 0) is 4.79 Å². The van der Waals surface area contributed by atoms with Crippen LogP contribution in [0.4, 0.5) is 0 Å². The number of aliphatic carboxylic acids is 1. The van der Waals surface area contributed by atoms with Gasteiger partial charge in [0.2, 0.25) is 0 Å². The van der Waals surface area contributed by atoms with Crippen molar-refractivity contribution in [3.63, 3.8) is 0 Å². The largest absolute Gasteiger partial charge is 0.479 e. The lowest BCUT2D eigenvalue weighted by Crippen LogP contribution is -2.54. The third kappa shape index (κ3) is 6.76. The number of carboxylic acid groups (broad SMARTS) is 1. The van der Waals surface area contributed by atoms with Crippen LogP contribution in [0, 0.1) is 15.5 Å². The second-order valence-electron chi connectivity index (χ2n) is 4.66. The van der Waals surface area contributed by atoms with Gasteiger partial charge < -0.3 is 16.2 Å². The molecule has 0 aromatic heterocycles. The molecule has 9 heteroatoms. The number of nitrogens with one attached hydrogen (secondary N) is 3. The fraction of sp³-hybridized carbons (Fsp3) is 0.818. The summed E-state index contributed by atoms with van der Waals surface area (Å²) >= 11 is 0.